The van der Waals surface area contributed by atoms with Crippen LogP contribution in [0.5, 0.6) is 0 Å². The molecule has 0 bridgehead atoms. The van der Waals surface area contributed by atoms with Gasteiger partial charge in [0.15, 0.2) is 0 Å². The van der Waals surface area contributed by atoms with Gasteiger partial charge in [-0.2, -0.15) is 0 Å². The van der Waals surface area contributed by atoms with Gasteiger partial charge in [-0.3, -0.25) is 0 Å². The summed E-state index contributed by atoms with van der Waals surface area (Å²) in [5.41, 5.74) is -0.0427. The maximum absolute atomic E-state index is 10.5. The van der Waals surface area contributed by atoms with E-state index in [9.17, 15) is 5.11 Å². The molecular weight excluding hydrogens is 172 g/mol. The van der Waals surface area contributed by atoms with Crippen molar-refractivity contribution in [1.82, 2.24) is 0 Å². The van der Waals surface area contributed by atoms with E-state index in [1.165, 1.54) is 6.42 Å². The molecule has 1 saturated carbocycles. The first-order valence-electron chi connectivity index (χ1n) is 5.98. The lowest BCUT2D eigenvalue weighted by Gasteiger charge is -2.29. The summed E-state index contributed by atoms with van der Waals surface area (Å²) in [5, 5.41) is 10.5. The highest BCUT2D eigenvalue weighted by Crippen LogP contribution is 2.49. The quantitative estimate of drug-likeness (QED) is 0.734. The predicted molar refractivity (Wildman–Crippen MR) is 61.2 cm³/mol. The molecule has 1 aliphatic rings. The highest BCUT2D eigenvalue weighted by molar-refractivity contribution is 4.98. The predicted octanol–water partition coefficient (Wildman–Crippen LogP) is 3.61. The zero-order valence-electron chi connectivity index (χ0n) is 10.4. The summed E-state index contributed by atoms with van der Waals surface area (Å²) in [6.45, 7) is 11.2. The van der Waals surface area contributed by atoms with Gasteiger partial charge in [0.2, 0.25) is 0 Å². The van der Waals surface area contributed by atoms with Crippen LogP contribution in [-0.4, -0.2) is 10.7 Å². The van der Waals surface area contributed by atoms with Crippen LogP contribution in [0.1, 0.15) is 60.3 Å². The lowest BCUT2D eigenvalue weighted by Crippen LogP contribution is -2.32. The molecule has 84 valence electrons. The van der Waals surface area contributed by atoms with Crippen molar-refractivity contribution < 1.29 is 5.11 Å². The molecule has 1 heteroatoms. The van der Waals surface area contributed by atoms with Crippen molar-refractivity contribution in [3.63, 3.8) is 0 Å². The smallest absolute Gasteiger partial charge is 0.0678 e. The molecule has 2 unspecified atom stereocenters. The van der Waals surface area contributed by atoms with E-state index >= 15 is 0 Å². The third-order valence-electron chi connectivity index (χ3n) is 3.72. The summed E-state index contributed by atoms with van der Waals surface area (Å²) >= 11 is 0. The highest BCUT2D eigenvalue weighted by atomic mass is 16.3. The van der Waals surface area contributed by atoms with Crippen molar-refractivity contribution in [2.45, 2.75) is 65.9 Å². The zero-order valence-corrected chi connectivity index (χ0v) is 10.4. The molecule has 0 aromatic carbocycles. The van der Waals surface area contributed by atoms with E-state index in [1.807, 2.05) is 0 Å². The molecule has 1 nitrogen and oxygen atoms in total. The van der Waals surface area contributed by atoms with Crippen LogP contribution in [0.25, 0.3) is 0 Å². The number of rotatable bonds is 3. The Bertz CT molecular complexity index is 195. The summed E-state index contributed by atoms with van der Waals surface area (Å²) in [5.74, 6) is 1.17. The number of aliphatic hydroxyl groups is 1. The first-order valence-corrected chi connectivity index (χ1v) is 5.98. The summed E-state index contributed by atoms with van der Waals surface area (Å²) < 4.78 is 0. The third-order valence-corrected chi connectivity index (χ3v) is 3.72. The van der Waals surface area contributed by atoms with Crippen LogP contribution in [0.3, 0.4) is 0 Å². The average molecular weight is 198 g/mol. The van der Waals surface area contributed by atoms with Crippen molar-refractivity contribution in [2.75, 3.05) is 0 Å². The minimum atomic E-state index is -0.381. The van der Waals surface area contributed by atoms with E-state index in [-0.39, 0.29) is 5.60 Å². The van der Waals surface area contributed by atoms with Crippen LogP contribution < -0.4 is 0 Å². The van der Waals surface area contributed by atoms with Crippen LogP contribution in [0.4, 0.5) is 0 Å². The molecule has 0 amide bonds. The number of hydrogen-bond acceptors (Lipinski definition) is 1. The molecule has 14 heavy (non-hydrogen) atoms. The van der Waals surface area contributed by atoms with E-state index < -0.39 is 0 Å². The van der Waals surface area contributed by atoms with Crippen molar-refractivity contribution in [3.05, 3.63) is 0 Å². The van der Waals surface area contributed by atoms with Crippen LogP contribution >= 0.6 is 0 Å². The fourth-order valence-electron chi connectivity index (χ4n) is 2.97. The topological polar surface area (TPSA) is 20.2 Å². The molecule has 0 aromatic heterocycles. The van der Waals surface area contributed by atoms with E-state index in [1.54, 1.807) is 0 Å². The maximum Gasteiger partial charge on any atom is 0.0678 e. The van der Waals surface area contributed by atoms with Crippen LogP contribution in [0, 0.1) is 17.3 Å². The van der Waals surface area contributed by atoms with Gasteiger partial charge < -0.3 is 5.11 Å². The Morgan fingerprint density at radius 2 is 1.93 bits per heavy atom. The van der Waals surface area contributed by atoms with Crippen molar-refractivity contribution in [1.29, 1.82) is 0 Å². The summed E-state index contributed by atoms with van der Waals surface area (Å²) in [6, 6.07) is 0. The maximum atomic E-state index is 10.5. The Balaban J connectivity index is 2.57. The Morgan fingerprint density at radius 1 is 1.36 bits per heavy atom. The zero-order chi connectivity index (χ0) is 11.0. The summed E-state index contributed by atoms with van der Waals surface area (Å²) in [7, 11) is 0. The first kappa shape index (κ1) is 12.0. The van der Waals surface area contributed by atoms with E-state index in [0.717, 1.165) is 19.3 Å². The van der Waals surface area contributed by atoms with Crippen LogP contribution in [-0.2, 0) is 0 Å². The monoisotopic (exact) mass is 198 g/mol. The molecule has 0 aromatic rings. The SMILES string of the molecule is CC(C)CCC1(O)CC(C)(C)CC1C. The van der Waals surface area contributed by atoms with Gasteiger partial charge in [-0.05, 0) is 42.9 Å². The van der Waals surface area contributed by atoms with Gasteiger partial charge in [0, 0.05) is 0 Å². The Hall–Kier alpha value is -0.0400. The fraction of sp³-hybridized carbons (Fsp3) is 1.00. The Labute approximate surface area is 88.9 Å². The lowest BCUT2D eigenvalue weighted by atomic mass is 9.84. The molecule has 0 saturated heterocycles. The van der Waals surface area contributed by atoms with Gasteiger partial charge in [-0.1, -0.05) is 34.6 Å². The number of hydrogen-bond donors (Lipinski definition) is 1. The fourth-order valence-corrected chi connectivity index (χ4v) is 2.97. The summed E-state index contributed by atoms with van der Waals surface area (Å²) in [4.78, 5) is 0. The molecule has 1 aliphatic carbocycles. The normalized spacial score (nSPS) is 36.6. The largest absolute Gasteiger partial charge is 0.390 e. The van der Waals surface area contributed by atoms with Crippen molar-refractivity contribution >= 4 is 0 Å². The first-order chi connectivity index (χ1) is 6.25. The molecule has 1 N–H and O–H groups in total. The molecular formula is C13H26O. The standard InChI is InChI=1S/C13H26O/c1-10(2)6-7-13(14)9-12(4,5)8-11(13)3/h10-11,14H,6-9H2,1-5H3. The van der Waals surface area contributed by atoms with Gasteiger partial charge in [0.25, 0.3) is 0 Å². The average Bonchev–Trinajstić information content (AvgIpc) is 2.18. The third kappa shape index (κ3) is 2.73. The second-order valence-electron chi connectivity index (χ2n) is 6.48. The molecule has 1 fully saturated rings. The van der Waals surface area contributed by atoms with Crippen molar-refractivity contribution in [3.8, 4) is 0 Å². The minimum Gasteiger partial charge on any atom is -0.390 e. The second-order valence-corrected chi connectivity index (χ2v) is 6.48. The lowest BCUT2D eigenvalue weighted by molar-refractivity contribution is -0.00839. The minimum absolute atomic E-state index is 0.338. The molecule has 0 spiro atoms. The van der Waals surface area contributed by atoms with Crippen molar-refractivity contribution in [2.24, 2.45) is 17.3 Å². The van der Waals surface area contributed by atoms with E-state index in [2.05, 4.69) is 34.6 Å². The molecule has 1 rings (SSSR count). The molecule has 0 heterocycles. The second kappa shape index (κ2) is 3.84. The van der Waals surface area contributed by atoms with Gasteiger partial charge in [0.05, 0.1) is 5.60 Å². The molecule has 0 aliphatic heterocycles. The van der Waals surface area contributed by atoms with Gasteiger partial charge in [-0.25, -0.2) is 0 Å². The van der Waals surface area contributed by atoms with E-state index in [4.69, 9.17) is 0 Å². The van der Waals surface area contributed by atoms with Gasteiger partial charge in [-0.15, -0.1) is 0 Å². The molecule has 0 radical (unpaired) electrons. The Morgan fingerprint density at radius 3 is 2.29 bits per heavy atom. The van der Waals surface area contributed by atoms with Crippen LogP contribution in [0.2, 0.25) is 0 Å². The Kier molecular flexibility index (Phi) is 3.30. The van der Waals surface area contributed by atoms with Gasteiger partial charge >= 0.3 is 0 Å². The van der Waals surface area contributed by atoms with E-state index in [0.29, 0.717) is 17.3 Å². The van der Waals surface area contributed by atoms with Gasteiger partial charge in [0.1, 0.15) is 0 Å². The highest BCUT2D eigenvalue weighted by Gasteiger charge is 2.46. The molecule has 2 atom stereocenters. The van der Waals surface area contributed by atoms with Crippen LogP contribution in [0.15, 0.2) is 0 Å². The summed E-state index contributed by atoms with van der Waals surface area (Å²) in [6.07, 6.45) is 4.28.